The third-order valence-corrected chi connectivity index (χ3v) is 3.06. The summed E-state index contributed by atoms with van der Waals surface area (Å²) in [6, 6.07) is 5.14. The lowest BCUT2D eigenvalue weighted by Gasteiger charge is -2.10. The van der Waals surface area contributed by atoms with Gasteiger partial charge >= 0.3 is 5.97 Å². The Morgan fingerprint density at radius 1 is 1.41 bits per heavy atom. The number of hydrogen-bond acceptors (Lipinski definition) is 4. The summed E-state index contributed by atoms with van der Waals surface area (Å²) in [5.74, 6) is 0.703. The SMILES string of the molecule is COC(=O)c1cccc(OCC2CCCC2)n1. The van der Waals surface area contributed by atoms with Gasteiger partial charge in [-0.05, 0) is 24.8 Å². The van der Waals surface area contributed by atoms with Gasteiger partial charge < -0.3 is 9.47 Å². The molecule has 0 atom stereocenters. The zero-order chi connectivity index (χ0) is 12.1. The van der Waals surface area contributed by atoms with E-state index in [1.54, 1.807) is 18.2 Å². The van der Waals surface area contributed by atoms with Gasteiger partial charge in [-0.1, -0.05) is 18.9 Å². The molecule has 1 fully saturated rings. The minimum absolute atomic E-state index is 0.288. The Bertz CT molecular complexity index is 386. The van der Waals surface area contributed by atoms with Gasteiger partial charge in [0.1, 0.15) is 0 Å². The van der Waals surface area contributed by atoms with Crippen molar-refractivity contribution in [3.05, 3.63) is 23.9 Å². The monoisotopic (exact) mass is 235 g/mol. The number of carbonyl (C=O) groups is 1. The van der Waals surface area contributed by atoms with Gasteiger partial charge in [-0.15, -0.1) is 0 Å². The third kappa shape index (κ3) is 3.19. The molecule has 0 radical (unpaired) electrons. The zero-order valence-corrected chi connectivity index (χ0v) is 10.0. The van der Waals surface area contributed by atoms with E-state index >= 15 is 0 Å². The molecule has 1 heterocycles. The van der Waals surface area contributed by atoms with Crippen LogP contribution < -0.4 is 4.74 Å². The highest BCUT2D eigenvalue weighted by Crippen LogP contribution is 2.25. The van der Waals surface area contributed by atoms with Crippen molar-refractivity contribution >= 4 is 5.97 Å². The van der Waals surface area contributed by atoms with Gasteiger partial charge in [0.2, 0.25) is 5.88 Å². The predicted octanol–water partition coefficient (Wildman–Crippen LogP) is 2.44. The second kappa shape index (κ2) is 5.66. The van der Waals surface area contributed by atoms with Crippen molar-refractivity contribution in [3.63, 3.8) is 0 Å². The van der Waals surface area contributed by atoms with Crippen molar-refractivity contribution in [3.8, 4) is 5.88 Å². The van der Waals surface area contributed by atoms with Crippen LogP contribution in [0.3, 0.4) is 0 Å². The van der Waals surface area contributed by atoms with E-state index in [0.717, 1.165) is 0 Å². The number of aromatic nitrogens is 1. The first-order chi connectivity index (χ1) is 8.29. The molecule has 1 aliphatic carbocycles. The van der Waals surface area contributed by atoms with Crippen LogP contribution in [0, 0.1) is 5.92 Å². The maximum atomic E-state index is 11.3. The summed E-state index contributed by atoms with van der Waals surface area (Å²) >= 11 is 0. The van der Waals surface area contributed by atoms with Crippen LogP contribution in [0.2, 0.25) is 0 Å². The Balaban J connectivity index is 1.93. The number of carbonyl (C=O) groups excluding carboxylic acids is 1. The lowest BCUT2D eigenvalue weighted by atomic mass is 10.1. The van der Waals surface area contributed by atoms with E-state index in [9.17, 15) is 4.79 Å². The summed E-state index contributed by atoms with van der Waals surface area (Å²) in [7, 11) is 1.34. The van der Waals surface area contributed by atoms with Gasteiger partial charge in [0.05, 0.1) is 13.7 Å². The molecule has 17 heavy (non-hydrogen) atoms. The summed E-state index contributed by atoms with van der Waals surface area (Å²) in [4.78, 5) is 15.4. The minimum Gasteiger partial charge on any atom is -0.477 e. The fraction of sp³-hybridized carbons (Fsp3) is 0.538. The van der Waals surface area contributed by atoms with E-state index in [1.807, 2.05) is 0 Å². The highest BCUT2D eigenvalue weighted by Gasteiger charge is 2.16. The first-order valence-corrected chi connectivity index (χ1v) is 5.98. The molecule has 92 valence electrons. The molecule has 0 unspecified atom stereocenters. The summed E-state index contributed by atoms with van der Waals surface area (Å²) in [6.45, 7) is 0.692. The number of hydrogen-bond donors (Lipinski definition) is 0. The fourth-order valence-electron chi connectivity index (χ4n) is 2.09. The number of pyridine rings is 1. The Hall–Kier alpha value is -1.58. The standard InChI is InChI=1S/C13H17NO3/c1-16-13(15)11-7-4-8-12(14-11)17-9-10-5-2-3-6-10/h4,7-8,10H,2-3,5-6,9H2,1H3. The van der Waals surface area contributed by atoms with Crippen molar-refractivity contribution in [1.29, 1.82) is 0 Å². The molecular formula is C13H17NO3. The molecule has 0 aliphatic heterocycles. The molecule has 0 amide bonds. The first-order valence-electron chi connectivity index (χ1n) is 5.98. The number of esters is 1. The van der Waals surface area contributed by atoms with Crippen LogP contribution in [0.25, 0.3) is 0 Å². The molecule has 4 heteroatoms. The topological polar surface area (TPSA) is 48.4 Å². The number of ether oxygens (including phenoxy) is 2. The van der Waals surface area contributed by atoms with Gasteiger partial charge in [-0.3, -0.25) is 0 Å². The van der Waals surface area contributed by atoms with E-state index in [4.69, 9.17) is 4.74 Å². The van der Waals surface area contributed by atoms with Crippen LogP contribution in [0.1, 0.15) is 36.2 Å². The molecular weight excluding hydrogens is 218 g/mol. The van der Waals surface area contributed by atoms with Crippen molar-refractivity contribution < 1.29 is 14.3 Å². The van der Waals surface area contributed by atoms with Gasteiger partial charge in [0.25, 0.3) is 0 Å². The summed E-state index contributed by atoms with van der Waals surface area (Å²) < 4.78 is 10.2. The lowest BCUT2D eigenvalue weighted by Crippen LogP contribution is -2.10. The maximum Gasteiger partial charge on any atom is 0.356 e. The van der Waals surface area contributed by atoms with Crippen LogP contribution >= 0.6 is 0 Å². The largest absolute Gasteiger partial charge is 0.477 e. The summed E-state index contributed by atoms with van der Waals surface area (Å²) in [5, 5.41) is 0. The smallest absolute Gasteiger partial charge is 0.356 e. The molecule has 0 spiro atoms. The van der Waals surface area contributed by atoms with Crippen LogP contribution in [0.15, 0.2) is 18.2 Å². The second-order valence-corrected chi connectivity index (χ2v) is 4.31. The van der Waals surface area contributed by atoms with E-state index in [0.29, 0.717) is 18.4 Å². The van der Waals surface area contributed by atoms with Crippen LogP contribution in [0.5, 0.6) is 5.88 Å². The quantitative estimate of drug-likeness (QED) is 0.752. The lowest BCUT2D eigenvalue weighted by molar-refractivity contribution is 0.0592. The average molecular weight is 235 g/mol. The highest BCUT2D eigenvalue weighted by molar-refractivity contribution is 5.87. The average Bonchev–Trinajstić information content (AvgIpc) is 2.89. The zero-order valence-electron chi connectivity index (χ0n) is 10.0. The normalized spacial score (nSPS) is 15.8. The predicted molar refractivity (Wildman–Crippen MR) is 63.0 cm³/mol. The van der Waals surface area contributed by atoms with Crippen molar-refractivity contribution in [1.82, 2.24) is 4.98 Å². The molecule has 0 bridgehead atoms. The Kier molecular flexibility index (Phi) is 3.96. The maximum absolute atomic E-state index is 11.3. The Morgan fingerprint density at radius 3 is 2.88 bits per heavy atom. The van der Waals surface area contributed by atoms with Crippen LogP contribution in [-0.4, -0.2) is 24.7 Å². The first kappa shape index (κ1) is 11.9. The van der Waals surface area contributed by atoms with Gasteiger partial charge in [0, 0.05) is 6.07 Å². The Morgan fingerprint density at radius 2 is 2.18 bits per heavy atom. The minimum atomic E-state index is -0.434. The molecule has 1 aromatic rings. The van der Waals surface area contributed by atoms with Gasteiger partial charge in [-0.2, -0.15) is 0 Å². The van der Waals surface area contributed by atoms with Crippen molar-refractivity contribution in [2.24, 2.45) is 5.92 Å². The molecule has 0 aromatic carbocycles. The van der Waals surface area contributed by atoms with Crippen LogP contribution in [0.4, 0.5) is 0 Å². The van der Waals surface area contributed by atoms with Crippen LogP contribution in [-0.2, 0) is 4.74 Å². The number of methoxy groups -OCH3 is 1. The van der Waals surface area contributed by atoms with Gasteiger partial charge in [0.15, 0.2) is 5.69 Å². The van der Waals surface area contributed by atoms with Crippen molar-refractivity contribution in [2.45, 2.75) is 25.7 Å². The molecule has 1 aromatic heterocycles. The summed E-state index contributed by atoms with van der Waals surface area (Å²) in [5.41, 5.74) is 0.288. The molecule has 1 aliphatic rings. The molecule has 2 rings (SSSR count). The van der Waals surface area contributed by atoms with E-state index in [2.05, 4.69) is 9.72 Å². The molecule has 1 saturated carbocycles. The van der Waals surface area contributed by atoms with E-state index in [1.165, 1.54) is 32.8 Å². The molecule has 4 nitrogen and oxygen atoms in total. The second-order valence-electron chi connectivity index (χ2n) is 4.31. The molecule has 0 saturated heterocycles. The van der Waals surface area contributed by atoms with E-state index in [-0.39, 0.29) is 5.69 Å². The molecule has 0 N–H and O–H groups in total. The highest BCUT2D eigenvalue weighted by atomic mass is 16.5. The van der Waals surface area contributed by atoms with Crippen molar-refractivity contribution in [2.75, 3.05) is 13.7 Å². The van der Waals surface area contributed by atoms with E-state index < -0.39 is 5.97 Å². The van der Waals surface area contributed by atoms with Gasteiger partial charge in [-0.25, -0.2) is 9.78 Å². The third-order valence-electron chi connectivity index (χ3n) is 3.06. The summed E-state index contributed by atoms with van der Waals surface area (Å²) in [6.07, 6.45) is 5.06. The number of nitrogens with zero attached hydrogens (tertiary/aromatic N) is 1. The fourth-order valence-corrected chi connectivity index (χ4v) is 2.09. The number of rotatable bonds is 4. The Labute approximate surface area is 101 Å².